The third-order valence-corrected chi connectivity index (χ3v) is 7.47. The molecule has 0 aliphatic heterocycles. The second-order valence-corrected chi connectivity index (χ2v) is 10.2. The first-order valence-electron chi connectivity index (χ1n) is 13.8. The fourth-order valence-corrected chi connectivity index (χ4v) is 5.23. The Hall–Kier alpha value is -5.41. The number of hydrogen-bond acceptors (Lipinski definition) is 3. The first-order chi connectivity index (χ1) is 20.2. The van der Waals surface area contributed by atoms with Gasteiger partial charge in [-0.3, -0.25) is 0 Å². The van der Waals surface area contributed by atoms with E-state index in [1.165, 1.54) is 16.5 Å². The smallest absolute Gasteiger partial charge is 0.164 e. The Balaban J connectivity index is 1.35. The number of aryl methyl sites for hydroxylation is 1. The van der Waals surface area contributed by atoms with Gasteiger partial charge in [0.25, 0.3) is 0 Å². The van der Waals surface area contributed by atoms with E-state index in [0.717, 1.165) is 38.8 Å². The fraction of sp³-hybridized carbons (Fsp3) is 0.0263. The van der Waals surface area contributed by atoms with Gasteiger partial charge in [-0.05, 0) is 51.6 Å². The molecular formula is C38H27N3. The van der Waals surface area contributed by atoms with E-state index in [4.69, 9.17) is 15.0 Å². The number of fused-ring (bicyclic) bond motifs is 1. The molecule has 7 aromatic rings. The van der Waals surface area contributed by atoms with Crippen molar-refractivity contribution in [1.82, 2.24) is 15.0 Å². The highest BCUT2D eigenvalue weighted by Gasteiger charge is 2.15. The standard InChI is InChI=1S/C38H27N3/c1-26-24-33-14-8-9-15-34(33)25-35(26)38-40-36(31-20-16-29(17-21-31)27-10-4-2-5-11-27)39-37(41-38)32-22-18-30(19-23-32)28-12-6-3-7-13-28/h2-25H,1H3. The Kier molecular flexibility index (Phi) is 6.38. The lowest BCUT2D eigenvalue weighted by Crippen LogP contribution is -2.01. The molecule has 1 aromatic heterocycles. The number of rotatable bonds is 5. The first kappa shape index (κ1) is 24.6. The number of hydrogen-bond donors (Lipinski definition) is 0. The summed E-state index contributed by atoms with van der Waals surface area (Å²) < 4.78 is 0. The molecule has 1 heterocycles. The van der Waals surface area contributed by atoms with E-state index in [1.807, 2.05) is 12.1 Å². The van der Waals surface area contributed by atoms with Crippen LogP contribution in [0.3, 0.4) is 0 Å². The van der Waals surface area contributed by atoms with Crippen LogP contribution in [-0.4, -0.2) is 15.0 Å². The van der Waals surface area contributed by atoms with Crippen molar-refractivity contribution in [3.05, 3.63) is 151 Å². The van der Waals surface area contributed by atoms with Crippen LogP contribution in [0.25, 0.3) is 67.2 Å². The van der Waals surface area contributed by atoms with Gasteiger partial charge >= 0.3 is 0 Å². The van der Waals surface area contributed by atoms with E-state index in [1.54, 1.807) is 0 Å². The van der Waals surface area contributed by atoms with Gasteiger partial charge < -0.3 is 0 Å². The second kappa shape index (κ2) is 10.6. The SMILES string of the molecule is Cc1cc2ccccc2cc1-c1nc(-c2ccc(-c3ccccc3)cc2)nc(-c2ccc(-c3ccccc3)cc2)n1. The van der Waals surface area contributed by atoms with Crippen molar-refractivity contribution in [3.8, 4) is 56.4 Å². The maximum atomic E-state index is 5.01. The molecule has 0 amide bonds. The van der Waals surface area contributed by atoms with E-state index >= 15 is 0 Å². The van der Waals surface area contributed by atoms with Gasteiger partial charge in [0.05, 0.1) is 0 Å². The van der Waals surface area contributed by atoms with Crippen LogP contribution in [0.15, 0.2) is 146 Å². The van der Waals surface area contributed by atoms with Gasteiger partial charge in [-0.2, -0.15) is 0 Å². The maximum Gasteiger partial charge on any atom is 0.164 e. The van der Waals surface area contributed by atoms with Crippen LogP contribution in [-0.2, 0) is 0 Å². The molecule has 0 spiro atoms. The molecule has 3 nitrogen and oxygen atoms in total. The van der Waals surface area contributed by atoms with Crippen molar-refractivity contribution >= 4 is 10.8 Å². The maximum absolute atomic E-state index is 5.01. The van der Waals surface area contributed by atoms with Crippen LogP contribution in [0.4, 0.5) is 0 Å². The molecule has 0 N–H and O–H groups in total. The minimum absolute atomic E-state index is 0.657. The summed E-state index contributed by atoms with van der Waals surface area (Å²) in [5, 5.41) is 2.37. The van der Waals surface area contributed by atoms with Crippen LogP contribution in [0.5, 0.6) is 0 Å². The molecule has 6 aromatic carbocycles. The predicted octanol–water partition coefficient (Wildman–Crippen LogP) is 9.67. The Morgan fingerprint density at radius 1 is 0.341 bits per heavy atom. The minimum atomic E-state index is 0.657. The molecular weight excluding hydrogens is 498 g/mol. The molecule has 0 atom stereocenters. The Morgan fingerprint density at radius 3 is 1.20 bits per heavy atom. The highest BCUT2D eigenvalue weighted by Crippen LogP contribution is 2.31. The predicted molar refractivity (Wildman–Crippen MR) is 169 cm³/mol. The molecule has 0 fully saturated rings. The van der Waals surface area contributed by atoms with E-state index in [9.17, 15) is 0 Å². The van der Waals surface area contributed by atoms with E-state index < -0.39 is 0 Å². The molecule has 0 bridgehead atoms. The highest BCUT2D eigenvalue weighted by molar-refractivity contribution is 5.88. The lowest BCUT2D eigenvalue weighted by molar-refractivity contribution is 1.07. The zero-order valence-corrected chi connectivity index (χ0v) is 22.7. The summed E-state index contributed by atoms with van der Waals surface area (Å²) in [6.45, 7) is 2.12. The van der Waals surface area contributed by atoms with E-state index in [2.05, 4.69) is 140 Å². The van der Waals surface area contributed by atoms with Gasteiger partial charge in [-0.15, -0.1) is 0 Å². The fourth-order valence-electron chi connectivity index (χ4n) is 5.23. The van der Waals surface area contributed by atoms with Crippen LogP contribution in [0.1, 0.15) is 5.56 Å². The van der Waals surface area contributed by atoms with Crippen molar-refractivity contribution < 1.29 is 0 Å². The van der Waals surface area contributed by atoms with Crippen LogP contribution < -0.4 is 0 Å². The van der Waals surface area contributed by atoms with Crippen molar-refractivity contribution in [1.29, 1.82) is 0 Å². The molecule has 0 aliphatic rings. The molecule has 0 radical (unpaired) electrons. The van der Waals surface area contributed by atoms with Crippen LogP contribution >= 0.6 is 0 Å². The molecule has 41 heavy (non-hydrogen) atoms. The van der Waals surface area contributed by atoms with Crippen molar-refractivity contribution in [2.24, 2.45) is 0 Å². The average Bonchev–Trinajstić information content (AvgIpc) is 3.05. The monoisotopic (exact) mass is 525 g/mol. The molecule has 194 valence electrons. The van der Waals surface area contributed by atoms with Crippen LogP contribution in [0.2, 0.25) is 0 Å². The number of nitrogens with zero attached hydrogens (tertiary/aromatic N) is 3. The summed E-state index contributed by atoms with van der Waals surface area (Å²) in [4.78, 5) is 15.0. The lowest BCUT2D eigenvalue weighted by atomic mass is 10.0. The zero-order chi connectivity index (χ0) is 27.6. The molecule has 0 unspecified atom stereocenters. The normalized spacial score (nSPS) is 11.0. The Bertz CT molecular complexity index is 1860. The summed E-state index contributed by atoms with van der Waals surface area (Å²) in [5.41, 5.74) is 8.73. The van der Waals surface area contributed by atoms with Gasteiger partial charge in [0.15, 0.2) is 17.5 Å². The Morgan fingerprint density at radius 2 is 0.707 bits per heavy atom. The molecule has 0 saturated carbocycles. The lowest BCUT2D eigenvalue weighted by Gasteiger charge is -2.12. The minimum Gasteiger partial charge on any atom is -0.208 e. The molecule has 3 heteroatoms. The van der Waals surface area contributed by atoms with Gasteiger partial charge in [-0.25, -0.2) is 15.0 Å². The molecule has 0 aliphatic carbocycles. The quantitative estimate of drug-likeness (QED) is 0.224. The van der Waals surface area contributed by atoms with Crippen molar-refractivity contribution in [3.63, 3.8) is 0 Å². The Labute approximate surface area is 239 Å². The van der Waals surface area contributed by atoms with Crippen molar-refractivity contribution in [2.75, 3.05) is 0 Å². The third-order valence-electron chi connectivity index (χ3n) is 7.47. The second-order valence-electron chi connectivity index (χ2n) is 10.2. The van der Waals surface area contributed by atoms with Gasteiger partial charge in [-0.1, -0.05) is 140 Å². The highest BCUT2D eigenvalue weighted by atomic mass is 15.0. The number of benzene rings is 6. The largest absolute Gasteiger partial charge is 0.208 e. The van der Waals surface area contributed by atoms with E-state index in [-0.39, 0.29) is 0 Å². The van der Waals surface area contributed by atoms with Gasteiger partial charge in [0, 0.05) is 16.7 Å². The average molecular weight is 526 g/mol. The van der Waals surface area contributed by atoms with E-state index in [0.29, 0.717) is 17.5 Å². The van der Waals surface area contributed by atoms with Gasteiger partial charge in [0.2, 0.25) is 0 Å². The summed E-state index contributed by atoms with van der Waals surface area (Å²) in [5.74, 6) is 1.99. The molecule has 7 rings (SSSR count). The third kappa shape index (κ3) is 5.02. The first-order valence-corrected chi connectivity index (χ1v) is 13.8. The summed E-state index contributed by atoms with van der Waals surface area (Å²) >= 11 is 0. The topological polar surface area (TPSA) is 38.7 Å². The van der Waals surface area contributed by atoms with Crippen LogP contribution in [0, 0.1) is 6.92 Å². The van der Waals surface area contributed by atoms with Crippen molar-refractivity contribution in [2.45, 2.75) is 6.92 Å². The summed E-state index contributed by atoms with van der Waals surface area (Å²) in [6.07, 6.45) is 0. The zero-order valence-electron chi connectivity index (χ0n) is 22.7. The summed E-state index contributed by atoms with van der Waals surface area (Å²) in [6, 6.07) is 50.5. The summed E-state index contributed by atoms with van der Waals surface area (Å²) in [7, 11) is 0. The molecule has 0 saturated heterocycles. The number of aromatic nitrogens is 3. The van der Waals surface area contributed by atoms with Gasteiger partial charge in [0.1, 0.15) is 0 Å².